The number of aryl methyl sites for hydroxylation is 2. The quantitative estimate of drug-likeness (QED) is 0.331. The zero-order chi connectivity index (χ0) is 28.7. The predicted molar refractivity (Wildman–Crippen MR) is 156 cm³/mol. The molecule has 2 amide bonds. The Hall–Kier alpha value is -3.36. The molecule has 3 rings (SSSR count). The van der Waals surface area contributed by atoms with Crippen LogP contribution in [0.5, 0.6) is 0 Å². The van der Waals surface area contributed by atoms with E-state index in [1.807, 2.05) is 33.8 Å². The smallest absolute Gasteiger partial charge is 0.264 e. The van der Waals surface area contributed by atoms with Crippen LogP contribution < -0.4 is 9.62 Å². The number of para-hydroxylation sites is 1. The minimum atomic E-state index is -4.12. The maximum atomic E-state index is 14.1. The first kappa shape index (κ1) is 30.2. The molecule has 0 radical (unpaired) electrons. The highest BCUT2D eigenvalue weighted by atomic mass is 35.5. The third kappa shape index (κ3) is 7.40. The van der Waals surface area contributed by atoms with Crippen LogP contribution >= 0.6 is 11.6 Å². The zero-order valence-electron chi connectivity index (χ0n) is 23.0. The van der Waals surface area contributed by atoms with Crippen LogP contribution in [0.15, 0.2) is 77.7 Å². The lowest BCUT2D eigenvalue weighted by Gasteiger charge is -2.34. The number of carbonyl (C=O) groups is 2. The molecule has 0 spiro atoms. The first-order valence-electron chi connectivity index (χ1n) is 12.9. The van der Waals surface area contributed by atoms with Gasteiger partial charge in [0.05, 0.1) is 10.6 Å². The number of nitrogens with zero attached hydrogens (tertiary/aromatic N) is 2. The number of nitrogens with one attached hydrogen (secondary N) is 1. The standard InChI is InChI=1S/C30H36ClN3O4S/c1-6-27(30(36)32-21(2)3)33(19-24-12-8-9-13-26(24)31)29(35)20-34(28-14-10-7-11-23(28)5)39(37,38)25-17-15-22(4)16-18-25/h7-18,21,27H,6,19-20H2,1-5H3,(H,32,36)/t27-/m0/s1. The van der Waals surface area contributed by atoms with Crippen molar-refractivity contribution in [1.82, 2.24) is 10.2 Å². The van der Waals surface area contributed by atoms with Gasteiger partial charge in [-0.15, -0.1) is 0 Å². The summed E-state index contributed by atoms with van der Waals surface area (Å²) in [7, 11) is -4.12. The fourth-order valence-electron chi connectivity index (χ4n) is 4.30. The molecule has 7 nitrogen and oxygen atoms in total. The van der Waals surface area contributed by atoms with Crippen molar-refractivity contribution in [3.63, 3.8) is 0 Å². The molecule has 0 saturated carbocycles. The van der Waals surface area contributed by atoms with Gasteiger partial charge in [0.2, 0.25) is 11.8 Å². The molecule has 3 aromatic carbocycles. The molecule has 0 aliphatic carbocycles. The fourth-order valence-corrected chi connectivity index (χ4v) is 5.98. The van der Waals surface area contributed by atoms with Crippen molar-refractivity contribution in [3.05, 3.63) is 94.5 Å². The first-order chi connectivity index (χ1) is 18.4. The number of hydrogen-bond donors (Lipinski definition) is 1. The van der Waals surface area contributed by atoms with Crippen LogP contribution in [0.25, 0.3) is 0 Å². The van der Waals surface area contributed by atoms with Crippen LogP contribution in [-0.4, -0.2) is 43.8 Å². The molecule has 208 valence electrons. The van der Waals surface area contributed by atoms with Gasteiger partial charge in [-0.2, -0.15) is 0 Å². The van der Waals surface area contributed by atoms with E-state index >= 15 is 0 Å². The van der Waals surface area contributed by atoms with E-state index in [0.717, 1.165) is 9.87 Å². The summed E-state index contributed by atoms with van der Waals surface area (Å²) in [6.07, 6.45) is 0.337. The number of anilines is 1. The van der Waals surface area contributed by atoms with E-state index < -0.39 is 28.5 Å². The Balaban J connectivity index is 2.09. The number of benzene rings is 3. The average molecular weight is 570 g/mol. The summed E-state index contributed by atoms with van der Waals surface area (Å²) in [6.45, 7) is 8.74. The zero-order valence-corrected chi connectivity index (χ0v) is 24.6. The topological polar surface area (TPSA) is 86.8 Å². The van der Waals surface area contributed by atoms with Gasteiger partial charge in [0, 0.05) is 17.6 Å². The number of rotatable bonds is 11. The molecule has 0 heterocycles. The van der Waals surface area contributed by atoms with E-state index in [-0.39, 0.29) is 23.4 Å². The lowest BCUT2D eigenvalue weighted by atomic mass is 10.1. The van der Waals surface area contributed by atoms with Gasteiger partial charge in [-0.25, -0.2) is 8.42 Å². The van der Waals surface area contributed by atoms with Crippen LogP contribution in [0, 0.1) is 13.8 Å². The second-order valence-electron chi connectivity index (χ2n) is 9.81. The molecule has 9 heteroatoms. The average Bonchev–Trinajstić information content (AvgIpc) is 2.88. The van der Waals surface area contributed by atoms with Gasteiger partial charge in [-0.05, 0) is 69.5 Å². The normalized spacial score (nSPS) is 12.2. The van der Waals surface area contributed by atoms with Crippen LogP contribution in [0.2, 0.25) is 5.02 Å². The summed E-state index contributed by atoms with van der Waals surface area (Å²) in [5.41, 5.74) is 2.67. The maximum absolute atomic E-state index is 14.1. The maximum Gasteiger partial charge on any atom is 0.264 e. The van der Waals surface area contributed by atoms with Crippen molar-refractivity contribution in [2.75, 3.05) is 10.8 Å². The fraction of sp³-hybridized carbons (Fsp3) is 0.333. The first-order valence-corrected chi connectivity index (χ1v) is 14.8. The molecular weight excluding hydrogens is 534 g/mol. The van der Waals surface area contributed by atoms with Gasteiger partial charge < -0.3 is 10.2 Å². The number of sulfonamides is 1. The lowest BCUT2D eigenvalue weighted by molar-refractivity contribution is -0.140. The molecule has 3 aromatic rings. The van der Waals surface area contributed by atoms with Gasteiger partial charge in [-0.3, -0.25) is 13.9 Å². The van der Waals surface area contributed by atoms with Crippen molar-refractivity contribution in [1.29, 1.82) is 0 Å². The van der Waals surface area contributed by atoms with E-state index in [1.165, 1.54) is 17.0 Å². The second-order valence-corrected chi connectivity index (χ2v) is 12.1. The highest BCUT2D eigenvalue weighted by Crippen LogP contribution is 2.28. The van der Waals surface area contributed by atoms with E-state index in [0.29, 0.717) is 28.3 Å². The summed E-state index contributed by atoms with van der Waals surface area (Å²) in [5, 5.41) is 3.34. The molecule has 1 N–H and O–H groups in total. The van der Waals surface area contributed by atoms with Crippen LogP contribution in [-0.2, 0) is 26.2 Å². The van der Waals surface area contributed by atoms with Crippen molar-refractivity contribution in [2.24, 2.45) is 0 Å². The Bertz CT molecular complexity index is 1410. The predicted octanol–water partition coefficient (Wildman–Crippen LogP) is 5.48. The SMILES string of the molecule is CC[C@@H](C(=O)NC(C)C)N(Cc1ccccc1Cl)C(=O)CN(c1ccccc1C)S(=O)(=O)c1ccc(C)cc1. The molecule has 39 heavy (non-hydrogen) atoms. The summed E-state index contributed by atoms with van der Waals surface area (Å²) in [5.74, 6) is -0.823. The minimum Gasteiger partial charge on any atom is -0.352 e. The Morgan fingerprint density at radius 2 is 1.54 bits per heavy atom. The highest BCUT2D eigenvalue weighted by Gasteiger charge is 2.34. The van der Waals surface area contributed by atoms with E-state index in [4.69, 9.17) is 11.6 Å². The Morgan fingerprint density at radius 3 is 2.13 bits per heavy atom. The highest BCUT2D eigenvalue weighted by molar-refractivity contribution is 7.92. The second kappa shape index (κ2) is 13.1. The van der Waals surface area contributed by atoms with Gasteiger partial charge in [0.15, 0.2) is 0 Å². The van der Waals surface area contributed by atoms with E-state index in [1.54, 1.807) is 61.5 Å². The van der Waals surface area contributed by atoms with Gasteiger partial charge in [0.25, 0.3) is 10.0 Å². The van der Waals surface area contributed by atoms with Crippen molar-refractivity contribution in [2.45, 2.75) is 64.6 Å². The molecule has 0 aromatic heterocycles. The number of halogens is 1. The molecule has 0 unspecified atom stereocenters. The number of amides is 2. The van der Waals surface area contributed by atoms with Crippen LogP contribution in [0.3, 0.4) is 0 Å². The third-order valence-electron chi connectivity index (χ3n) is 6.39. The van der Waals surface area contributed by atoms with Gasteiger partial charge >= 0.3 is 0 Å². The molecular formula is C30H36ClN3O4S. The van der Waals surface area contributed by atoms with Crippen molar-refractivity contribution >= 4 is 39.1 Å². The molecule has 0 saturated heterocycles. The van der Waals surface area contributed by atoms with Crippen LogP contribution in [0.4, 0.5) is 5.69 Å². The molecule has 0 bridgehead atoms. The molecule has 0 aliphatic rings. The Morgan fingerprint density at radius 1 is 0.923 bits per heavy atom. The minimum absolute atomic E-state index is 0.0503. The molecule has 0 fully saturated rings. The largest absolute Gasteiger partial charge is 0.352 e. The van der Waals surface area contributed by atoms with Crippen LogP contribution in [0.1, 0.15) is 43.9 Å². The summed E-state index contributed by atoms with van der Waals surface area (Å²) in [6, 6.07) is 19.7. The summed E-state index contributed by atoms with van der Waals surface area (Å²) in [4.78, 5) is 28.8. The van der Waals surface area contributed by atoms with E-state index in [2.05, 4.69) is 5.32 Å². The third-order valence-corrected chi connectivity index (χ3v) is 8.53. The number of carbonyl (C=O) groups excluding carboxylic acids is 2. The molecule has 1 atom stereocenters. The van der Waals surface area contributed by atoms with Gasteiger partial charge in [-0.1, -0.05) is 72.6 Å². The molecule has 0 aliphatic heterocycles. The Labute approximate surface area is 236 Å². The summed E-state index contributed by atoms with van der Waals surface area (Å²) >= 11 is 6.43. The van der Waals surface area contributed by atoms with Gasteiger partial charge in [0.1, 0.15) is 12.6 Å². The van der Waals surface area contributed by atoms with Crippen molar-refractivity contribution < 1.29 is 18.0 Å². The summed E-state index contributed by atoms with van der Waals surface area (Å²) < 4.78 is 29.0. The van der Waals surface area contributed by atoms with E-state index in [9.17, 15) is 18.0 Å². The Kier molecular flexibility index (Phi) is 10.2. The monoisotopic (exact) mass is 569 g/mol. The van der Waals surface area contributed by atoms with Crippen molar-refractivity contribution in [3.8, 4) is 0 Å². The number of hydrogen-bond acceptors (Lipinski definition) is 4. The lowest BCUT2D eigenvalue weighted by Crippen LogP contribution is -2.53.